The molecular weight excluding hydrogens is 100 g/mol. The van der Waals surface area contributed by atoms with Crippen LogP contribution in [0.1, 0.15) is 6.42 Å². The van der Waals surface area contributed by atoms with E-state index in [9.17, 15) is 0 Å². The first-order chi connectivity index (χ1) is 3.93. The van der Waals surface area contributed by atoms with Crippen LogP contribution in [-0.2, 0) is 6.54 Å². The van der Waals surface area contributed by atoms with Gasteiger partial charge >= 0.3 is 0 Å². The zero-order valence-corrected chi connectivity index (χ0v) is 4.75. The summed E-state index contributed by atoms with van der Waals surface area (Å²) in [6.45, 7) is 4.62. The second-order valence-corrected chi connectivity index (χ2v) is 1.62. The maximum atomic E-state index is 3.98. The van der Waals surface area contributed by atoms with Crippen LogP contribution < -0.4 is 0 Å². The van der Waals surface area contributed by atoms with Crippen molar-refractivity contribution < 1.29 is 0 Å². The van der Waals surface area contributed by atoms with Crippen LogP contribution in [0.4, 0.5) is 0 Å². The number of hydrogen-bond acceptors (Lipinski definition) is 1. The normalized spacial score (nSPS) is 9.62. The first kappa shape index (κ1) is 5.35. The van der Waals surface area contributed by atoms with Crippen molar-refractivity contribution in [2.45, 2.75) is 13.0 Å². The molecule has 43 valence electrons. The van der Waals surface area contributed by atoms with Crippen molar-refractivity contribution in [3.63, 3.8) is 0 Å². The summed E-state index contributed by atoms with van der Waals surface area (Å²) >= 11 is 0. The van der Waals surface area contributed by atoms with Gasteiger partial charge in [-0.25, -0.2) is 0 Å². The molecule has 0 atom stereocenters. The van der Waals surface area contributed by atoms with Gasteiger partial charge in [-0.2, -0.15) is 5.10 Å². The van der Waals surface area contributed by atoms with Gasteiger partial charge < -0.3 is 0 Å². The topological polar surface area (TPSA) is 17.8 Å². The average Bonchev–Trinajstić information content (AvgIpc) is 2.19. The molecule has 0 saturated heterocycles. The predicted octanol–water partition coefficient (Wildman–Crippen LogP) is 1.11. The number of rotatable bonds is 2. The van der Waals surface area contributed by atoms with Gasteiger partial charge in [-0.05, 0) is 12.5 Å². The van der Waals surface area contributed by atoms with Crippen LogP contribution in [0.3, 0.4) is 0 Å². The highest BCUT2D eigenvalue weighted by atomic mass is 15.3. The molecule has 0 aliphatic rings. The summed E-state index contributed by atoms with van der Waals surface area (Å²) in [5.74, 6) is 0. The maximum Gasteiger partial charge on any atom is 0.0489 e. The number of hydrogen-bond donors (Lipinski definition) is 0. The summed E-state index contributed by atoms with van der Waals surface area (Å²) < 4.78 is 1.87. The quantitative estimate of drug-likeness (QED) is 0.556. The van der Waals surface area contributed by atoms with E-state index in [1.165, 1.54) is 0 Å². The van der Waals surface area contributed by atoms with Gasteiger partial charge in [-0.3, -0.25) is 4.68 Å². The molecule has 0 aromatic carbocycles. The Balaban J connectivity index is 2.50. The first-order valence-corrected chi connectivity index (χ1v) is 2.70. The lowest BCUT2D eigenvalue weighted by Crippen LogP contribution is -1.95. The molecule has 2 nitrogen and oxygen atoms in total. The minimum atomic E-state index is 0.904. The van der Waals surface area contributed by atoms with E-state index < -0.39 is 0 Å². The van der Waals surface area contributed by atoms with E-state index in [1.54, 1.807) is 6.20 Å². The van der Waals surface area contributed by atoms with E-state index in [4.69, 9.17) is 0 Å². The van der Waals surface area contributed by atoms with Gasteiger partial charge in [0.1, 0.15) is 0 Å². The van der Waals surface area contributed by atoms with Gasteiger partial charge in [-0.1, -0.05) is 6.92 Å². The summed E-state index contributed by atoms with van der Waals surface area (Å²) in [5.41, 5.74) is 0. The van der Waals surface area contributed by atoms with Gasteiger partial charge in [0.2, 0.25) is 0 Å². The molecule has 2 heteroatoms. The van der Waals surface area contributed by atoms with E-state index in [0.29, 0.717) is 0 Å². The smallest absolute Gasteiger partial charge is 0.0489 e. The SMILES string of the molecule is [CH2]CCn1cccn1. The molecule has 1 aromatic heterocycles. The molecule has 1 aromatic rings. The van der Waals surface area contributed by atoms with Crippen molar-refractivity contribution >= 4 is 0 Å². The zero-order chi connectivity index (χ0) is 5.82. The number of nitrogens with zero attached hydrogens (tertiary/aromatic N) is 2. The van der Waals surface area contributed by atoms with Crippen LogP contribution in [0.25, 0.3) is 0 Å². The molecule has 0 N–H and O–H groups in total. The fourth-order valence-electron chi connectivity index (χ4n) is 0.595. The van der Waals surface area contributed by atoms with Crippen LogP contribution in [0.15, 0.2) is 18.5 Å². The molecule has 1 rings (SSSR count). The van der Waals surface area contributed by atoms with Gasteiger partial charge in [0, 0.05) is 18.9 Å². The second kappa shape index (κ2) is 2.50. The lowest BCUT2D eigenvalue weighted by molar-refractivity contribution is 0.622. The summed E-state index contributed by atoms with van der Waals surface area (Å²) in [7, 11) is 0. The average molecular weight is 109 g/mol. The minimum absolute atomic E-state index is 0.904. The van der Waals surface area contributed by atoms with Gasteiger partial charge in [0.15, 0.2) is 0 Å². The molecule has 0 bridgehead atoms. The highest BCUT2D eigenvalue weighted by Crippen LogP contribution is 1.85. The third-order valence-corrected chi connectivity index (χ3v) is 0.946. The molecule has 0 aliphatic carbocycles. The monoisotopic (exact) mass is 109 g/mol. The van der Waals surface area contributed by atoms with E-state index in [2.05, 4.69) is 12.0 Å². The maximum absolute atomic E-state index is 3.98. The van der Waals surface area contributed by atoms with Crippen LogP contribution in [0.2, 0.25) is 0 Å². The Hall–Kier alpha value is -0.790. The van der Waals surface area contributed by atoms with E-state index >= 15 is 0 Å². The largest absolute Gasteiger partial charge is 0.273 e. The molecule has 8 heavy (non-hydrogen) atoms. The number of aryl methyl sites for hydroxylation is 1. The molecule has 1 radical (unpaired) electrons. The molecule has 0 fully saturated rings. The molecule has 0 amide bonds. The van der Waals surface area contributed by atoms with Crippen molar-refractivity contribution in [3.8, 4) is 0 Å². The molecular formula is C6H9N2. The second-order valence-electron chi connectivity index (χ2n) is 1.62. The van der Waals surface area contributed by atoms with Crippen molar-refractivity contribution in [2.75, 3.05) is 0 Å². The minimum Gasteiger partial charge on any atom is -0.273 e. The molecule has 0 saturated carbocycles. The van der Waals surface area contributed by atoms with Gasteiger partial charge in [-0.15, -0.1) is 0 Å². The van der Waals surface area contributed by atoms with Crippen molar-refractivity contribution in [3.05, 3.63) is 25.4 Å². The standard InChI is InChI=1S/C6H9N2/c1-2-5-8-6-3-4-7-8/h3-4,6H,1-2,5H2. The molecule has 1 heterocycles. The van der Waals surface area contributed by atoms with Gasteiger partial charge in [0.25, 0.3) is 0 Å². The third-order valence-electron chi connectivity index (χ3n) is 0.946. The Morgan fingerprint density at radius 3 is 3.00 bits per heavy atom. The molecule has 0 spiro atoms. The Morgan fingerprint density at radius 1 is 1.62 bits per heavy atom. The zero-order valence-electron chi connectivity index (χ0n) is 4.75. The molecule has 0 aliphatic heterocycles. The van der Waals surface area contributed by atoms with Crippen molar-refractivity contribution in [1.29, 1.82) is 0 Å². The Labute approximate surface area is 49.1 Å². The first-order valence-electron chi connectivity index (χ1n) is 2.70. The lowest BCUT2D eigenvalue weighted by Gasteiger charge is -1.92. The Bertz CT molecular complexity index is 132. The predicted molar refractivity (Wildman–Crippen MR) is 32.2 cm³/mol. The summed E-state index contributed by atoms with van der Waals surface area (Å²) in [6, 6.07) is 1.91. The highest BCUT2D eigenvalue weighted by molar-refractivity contribution is 4.77. The van der Waals surface area contributed by atoms with Crippen LogP contribution in [0.5, 0.6) is 0 Å². The Morgan fingerprint density at radius 2 is 2.50 bits per heavy atom. The van der Waals surface area contributed by atoms with E-state index in [1.807, 2.05) is 16.9 Å². The van der Waals surface area contributed by atoms with Crippen LogP contribution >= 0.6 is 0 Å². The van der Waals surface area contributed by atoms with Crippen molar-refractivity contribution in [2.24, 2.45) is 0 Å². The van der Waals surface area contributed by atoms with E-state index in [-0.39, 0.29) is 0 Å². The van der Waals surface area contributed by atoms with Crippen molar-refractivity contribution in [1.82, 2.24) is 9.78 Å². The lowest BCUT2D eigenvalue weighted by atomic mass is 10.5. The highest BCUT2D eigenvalue weighted by Gasteiger charge is 1.82. The fraction of sp³-hybridized carbons (Fsp3) is 0.333. The summed E-state index contributed by atoms with van der Waals surface area (Å²) in [6.07, 6.45) is 4.61. The van der Waals surface area contributed by atoms with Crippen LogP contribution in [0, 0.1) is 6.92 Å². The summed E-state index contributed by atoms with van der Waals surface area (Å²) in [5, 5.41) is 3.98. The van der Waals surface area contributed by atoms with Crippen LogP contribution in [-0.4, -0.2) is 9.78 Å². The van der Waals surface area contributed by atoms with Gasteiger partial charge in [0.05, 0.1) is 0 Å². The Kier molecular flexibility index (Phi) is 1.67. The summed E-state index contributed by atoms with van der Waals surface area (Å²) in [4.78, 5) is 0. The number of aromatic nitrogens is 2. The third kappa shape index (κ3) is 1.09. The fourth-order valence-corrected chi connectivity index (χ4v) is 0.595. The molecule has 0 unspecified atom stereocenters. The van der Waals surface area contributed by atoms with E-state index in [0.717, 1.165) is 13.0 Å².